The Labute approximate surface area is 145 Å². The Morgan fingerprint density at radius 3 is 2.42 bits per heavy atom. The molecule has 2 aliphatic rings. The Balaban J connectivity index is 1.89. The summed E-state index contributed by atoms with van der Waals surface area (Å²) in [5, 5.41) is 15.2. The van der Waals surface area contributed by atoms with Crippen LogP contribution in [0.15, 0.2) is 0 Å². The van der Waals surface area contributed by atoms with Gasteiger partial charge in [0.05, 0.1) is 25.2 Å². The van der Waals surface area contributed by atoms with E-state index in [1.165, 1.54) is 6.92 Å². The zero-order valence-electron chi connectivity index (χ0n) is 14.5. The van der Waals surface area contributed by atoms with E-state index in [1.807, 2.05) is 20.8 Å². The van der Waals surface area contributed by atoms with Crippen LogP contribution in [-0.2, 0) is 14.4 Å². The predicted molar refractivity (Wildman–Crippen MR) is 91.0 cm³/mol. The Kier molecular flexibility index (Phi) is 5.17. The first kappa shape index (κ1) is 19.0. The van der Waals surface area contributed by atoms with Gasteiger partial charge in [0, 0.05) is 11.2 Å². The van der Waals surface area contributed by atoms with Crippen LogP contribution in [0, 0.1) is 5.41 Å². The number of aliphatic hydroxyl groups excluding tert-OH is 1. The largest absolute Gasteiger partial charge is 0.391 e. The van der Waals surface area contributed by atoms with Crippen LogP contribution >= 0.6 is 11.8 Å². The monoisotopic (exact) mass is 358 g/mol. The zero-order valence-corrected chi connectivity index (χ0v) is 15.3. The van der Waals surface area contributed by atoms with E-state index < -0.39 is 29.5 Å². The second-order valence-corrected chi connectivity index (χ2v) is 8.95. The smallest absolute Gasteiger partial charge is 0.242 e. The molecule has 0 bridgehead atoms. The van der Waals surface area contributed by atoms with E-state index in [0.29, 0.717) is 18.8 Å². The summed E-state index contributed by atoms with van der Waals surface area (Å²) in [5.41, 5.74) is 4.76. The Morgan fingerprint density at radius 2 is 1.96 bits per heavy atom. The topological polar surface area (TPSA) is 125 Å². The van der Waals surface area contributed by atoms with Crippen LogP contribution in [0.2, 0.25) is 0 Å². The molecule has 3 amide bonds. The number of hydrogen-bond donors (Lipinski definition) is 4. The number of carbonyl (C=O) groups is 3. The molecule has 0 unspecified atom stereocenters. The lowest BCUT2D eigenvalue weighted by Gasteiger charge is -2.49. The maximum absolute atomic E-state index is 12.3. The standard InChI is InChI=1S/C15H26N4O4S/c1-8(20)10(11(16)21)17-12(22)9-5-24-15(18-9)6-19(7-15)13(23)14(2,3)4/h8-10,18,20H,5-7H2,1-4H3,(H2,16,21)(H,17,22)/t8-,9+,10+/m1/s1. The van der Waals surface area contributed by atoms with Gasteiger partial charge < -0.3 is 21.1 Å². The van der Waals surface area contributed by atoms with E-state index >= 15 is 0 Å². The number of nitrogens with one attached hydrogen (secondary N) is 2. The molecule has 0 saturated carbocycles. The molecular formula is C15H26N4O4S. The molecule has 136 valence electrons. The zero-order chi connectivity index (χ0) is 18.3. The summed E-state index contributed by atoms with van der Waals surface area (Å²) in [6.07, 6.45) is -1.06. The van der Waals surface area contributed by atoms with E-state index in [0.717, 1.165) is 0 Å². The first-order chi connectivity index (χ1) is 10.9. The summed E-state index contributed by atoms with van der Waals surface area (Å²) in [6, 6.07) is -1.59. The highest BCUT2D eigenvalue weighted by molar-refractivity contribution is 8.01. The number of nitrogens with zero attached hydrogens (tertiary/aromatic N) is 1. The minimum absolute atomic E-state index is 0.0892. The van der Waals surface area contributed by atoms with E-state index in [1.54, 1.807) is 16.7 Å². The van der Waals surface area contributed by atoms with Crippen molar-refractivity contribution in [1.82, 2.24) is 15.5 Å². The molecule has 0 aliphatic carbocycles. The SMILES string of the molecule is C[C@@H](O)[C@H](NC(=O)[C@@H]1CSC2(CN(C(=O)C(C)(C)C)C2)N1)C(N)=O. The van der Waals surface area contributed by atoms with Gasteiger partial charge in [-0.15, -0.1) is 11.8 Å². The Bertz CT molecular complexity index is 540. The van der Waals surface area contributed by atoms with E-state index in [4.69, 9.17) is 5.73 Å². The third-order valence-corrected chi connectivity index (χ3v) is 5.62. The van der Waals surface area contributed by atoms with Crippen molar-refractivity contribution in [2.24, 2.45) is 11.1 Å². The molecule has 0 aromatic rings. The van der Waals surface area contributed by atoms with Gasteiger partial charge >= 0.3 is 0 Å². The molecule has 0 aromatic heterocycles. The average molecular weight is 358 g/mol. The van der Waals surface area contributed by atoms with Crippen molar-refractivity contribution in [3.8, 4) is 0 Å². The lowest BCUT2D eigenvalue weighted by atomic mass is 9.92. The van der Waals surface area contributed by atoms with Crippen LogP contribution in [0.4, 0.5) is 0 Å². The molecule has 9 heteroatoms. The molecule has 3 atom stereocenters. The summed E-state index contributed by atoms with van der Waals surface area (Å²) in [4.78, 5) is 37.3. The highest BCUT2D eigenvalue weighted by Crippen LogP contribution is 2.40. The molecule has 2 rings (SSSR count). The van der Waals surface area contributed by atoms with Gasteiger partial charge in [-0.1, -0.05) is 20.8 Å². The minimum atomic E-state index is -1.11. The Hall–Kier alpha value is -1.32. The van der Waals surface area contributed by atoms with Crippen molar-refractivity contribution in [2.45, 2.75) is 50.8 Å². The van der Waals surface area contributed by atoms with Crippen molar-refractivity contribution >= 4 is 29.5 Å². The molecule has 2 fully saturated rings. The number of likely N-dealkylation sites (tertiary alicyclic amines) is 1. The van der Waals surface area contributed by atoms with Crippen molar-refractivity contribution in [1.29, 1.82) is 0 Å². The summed E-state index contributed by atoms with van der Waals surface area (Å²) < 4.78 is 0. The summed E-state index contributed by atoms with van der Waals surface area (Å²) in [6.45, 7) is 8.14. The van der Waals surface area contributed by atoms with Crippen molar-refractivity contribution in [2.75, 3.05) is 18.8 Å². The number of nitrogens with two attached hydrogens (primary N) is 1. The van der Waals surface area contributed by atoms with Crippen LogP contribution in [0.1, 0.15) is 27.7 Å². The van der Waals surface area contributed by atoms with Gasteiger partial charge in [-0.2, -0.15) is 0 Å². The van der Waals surface area contributed by atoms with Crippen LogP contribution in [-0.4, -0.2) is 69.6 Å². The molecule has 24 heavy (non-hydrogen) atoms. The van der Waals surface area contributed by atoms with Gasteiger partial charge in [-0.3, -0.25) is 19.7 Å². The summed E-state index contributed by atoms with van der Waals surface area (Å²) in [7, 11) is 0. The maximum atomic E-state index is 12.3. The highest BCUT2D eigenvalue weighted by atomic mass is 32.2. The van der Waals surface area contributed by atoms with Crippen LogP contribution in [0.3, 0.4) is 0 Å². The number of rotatable bonds is 4. The average Bonchev–Trinajstić information content (AvgIpc) is 2.85. The number of hydrogen-bond acceptors (Lipinski definition) is 6. The third kappa shape index (κ3) is 3.84. The fraction of sp³-hybridized carbons (Fsp3) is 0.800. The van der Waals surface area contributed by atoms with Gasteiger partial charge in [0.25, 0.3) is 0 Å². The first-order valence-electron chi connectivity index (χ1n) is 7.94. The lowest BCUT2D eigenvalue weighted by Crippen LogP contribution is -2.69. The molecule has 1 spiro atoms. The number of carbonyl (C=O) groups excluding carboxylic acids is 3. The number of thioether (sulfide) groups is 1. The number of aliphatic hydroxyl groups is 1. The van der Waals surface area contributed by atoms with Crippen LogP contribution < -0.4 is 16.4 Å². The van der Waals surface area contributed by atoms with Crippen molar-refractivity contribution in [3.05, 3.63) is 0 Å². The van der Waals surface area contributed by atoms with Gasteiger partial charge in [-0.25, -0.2) is 0 Å². The second-order valence-electron chi connectivity index (χ2n) is 7.54. The van der Waals surface area contributed by atoms with Gasteiger partial charge in [-0.05, 0) is 6.92 Å². The lowest BCUT2D eigenvalue weighted by molar-refractivity contribution is -0.145. The highest BCUT2D eigenvalue weighted by Gasteiger charge is 2.53. The molecule has 0 aromatic carbocycles. The van der Waals surface area contributed by atoms with E-state index in [2.05, 4.69) is 10.6 Å². The van der Waals surface area contributed by atoms with Crippen molar-refractivity contribution < 1.29 is 19.5 Å². The fourth-order valence-electron chi connectivity index (χ4n) is 2.84. The fourth-order valence-corrected chi connectivity index (χ4v) is 4.28. The maximum Gasteiger partial charge on any atom is 0.242 e. The molecule has 0 radical (unpaired) electrons. The molecular weight excluding hydrogens is 332 g/mol. The van der Waals surface area contributed by atoms with Gasteiger partial charge in [0.1, 0.15) is 10.9 Å². The molecule has 2 saturated heterocycles. The third-order valence-electron chi connectivity index (χ3n) is 4.19. The summed E-state index contributed by atoms with van der Waals surface area (Å²) >= 11 is 1.60. The van der Waals surface area contributed by atoms with Crippen LogP contribution in [0.25, 0.3) is 0 Å². The predicted octanol–water partition coefficient (Wildman–Crippen LogP) is -1.37. The minimum Gasteiger partial charge on any atom is -0.391 e. The molecule has 5 N–H and O–H groups in total. The normalized spacial score (nSPS) is 25.0. The summed E-state index contributed by atoms with van der Waals surface area (Å²) in [5.74, 6) is -0.519. The number of amides is 3. The molecule has 2 heterocycles. The van der Waals surface area contributed by atoms with Gasteiger partial charge in [0.2, 0.25) is 17.7 Å². The van der Waals surface area contributed by atoms with Gasteiger partial charge in [0.15, 0.2) is 0 Å². The van der Waals surface area contributed by atoms with E-state index in [9.17, 15) is 19.5 Å². The first-order valence-corrected chi connectivity index (χ1v) is 8.92. The van der Waals surface area contributed by atoms with Crippen molar-refractivity contribution in [3.63, 3.8) is 0 Å². The molecule has 8 nitrogen and oxygen atoms in total. The quantitative estimate of drug-likeness (QED) is 0.491. The van der Waals surface area contributed by atoms with E-state index in [-0.39, 0.29) is 16.7 Å². The second kappa shape index (κ2) is 6.53. The number of primary amides is 1. The van der Waals surface area contributed by atoms with Crippen LogP contribution in [0.5, 0.6) is 0 Å². The Morgan fingerprint density at radius 1 is 1.38 bits per heavy atom. The molecule has 2 aliphatic heterocycles.